The highest BCUT2D eigenvalue weighted by Crippen LogP contribution is 2.81. The Kier molecular flexibility index (Phi) is 4.69. The lowest BCUT2D eigenvalue weighted by atomic mass is 9.52. The monoisotopic (exact) mass is 458 g/mol. The summed E-state index contributed by atoms with van der Waals surface area (Å²) in [6.07, 6.45) is 4.25. The van der Waals surface area contributed by atoms with Gasteiger partial charge in [-0.3, -0.25) is 4.90 Å². The Bertz CT molecular complexity index is 1190. The van der Waals surface area contributed by atoms with Crippen LogP contribution in [0, 0.1) is 11.3 Å². The Morgan fingerprint density at radius 3 is 2.39 bits per heavy atom. The number of hydrogen-bond acceptors (Lipinski definition) is 4. The molecule has 2 heterocycles. The first-order valence-electron chi connectivity index (χ1n) is 11.5. The van der Waals surface area contributed by atoms with Crippen LogP contribution in [0.3, 0.4) is 0 Å². The van der Waals surface area contributed by atoms with E-state index in [1.165, 1.54) is 23.8 Å². The number of benzene rings is 2. The predicted octanol–water partition coefficient (Wildman–Crippen LogP) is 5.64. The van der Waals surface area contributed by atoms with Gasteiger partial charge in [-0.25, -0.2) is 9.78 Å². The van der Waals surface area contributed by atoms with E-state index in [2.05, 4.69) is 65.5 Å². The van der Waals surface area contributed by atoms with Crippen molar-refractivity contribution in [3.63, 3.8) is 0 Å². The number of esters is 1. The van der Waals surface area contributed by atoms with Gasteiger partial charge in [-0.2, -0.15) is 0 Å². The number of carbonyl (C=O) groups excluding carboxylic acids is 1. The summed E-state index contributed by atoms with van der Waals surface area (Å²) >= 11 is 6.15. The highest BCUT2D eigenvalue weighted by atomic mass is 35.5. The molecule has 0 amide bonds. The zero-order chi connectivity index (χ0) is 22.8. The molecule has 5 heteroatoms. The Balaban J connectivity index is 1.45. The number of hydrogen-bond donors (Lipinski definition) is 0. The standard InChI is InChI=1S/C28H27ClN2O2/c1-31-15-22-24(20-10-13-23(29)30-14-20)27(21-11-8-19(9-12-21)26(32)33-2)16-28(22,17-27)25(31)18-6-4-3-5-7-18/h3-14,22,24-25H,15-17H2,1-2H3/t22-,24?,25-,27?,28?/m1/s1. The van der Waals surface area contributed by atoms with Crippen LogP contribution < -0.4 is 0 Å². The molecular formula is C28H27ClN2O2. The van der Waals surface area contributed by atoms with Crippen LogP contribution in [0.5, 0.6) is 0 Å². The van der Waals surface area contributed by atoms with Gasteiger partial charge in [0.15, 0.2) is 0 Å². The first kappa shape index (κ1) is 20.9. The van der Waals surface area contributed by atoms with Crippen molar-refractivity contribution in [2.75, 3.05) is 20.7 Å². The lowest BCUT2D eigenvalue weighted by Crippen LogP contribution is -2.47. The number of pyridine rings is 1. The van der Waals surface area contributed by atoms with Crippen molar-refractivity contribution in [3.05, 3.63) is 100 Å². The van der Waals surface area contributed by atoms with Crippen LogP contribution in [-0.2, 0) is 10.2 Å². The smallest absolute Gasteiger partial charge is 0.337 e. The van der Waals surface area contributed by atoms with Gasteiger partial charge in [-0.15, -0.1) is 0 Å². The second kappa shape index (κ2) is 7.41. The molecule has 1 saturated heterocycles. The van der Waals surface area contributed by atoms with E-state index in [4.69, 9.17) is 16.3 Å². The third kappa shape index (κ3) is 2.87. The summed E-state index contributed by atoms with van der Waals surface area (Å²) < 4.78 is 4.91. The van der Waals surface area contributed by atoms with Crippen LogP contribution in [0.1, 0.15) is 51.8 Å². The van der Waals surface area contributed by atoms with Gasteiger partial charge in [0.1, 0.15) is 5.15 Å². The zero-order valence-corrected chi connectivity index (χ0v) is 19.6. The second-order valence-electron chi connectivity index (χ2n) is 10.1. The molecular weight excluding hydrogens is 432 g/mol. The molecule has 168 valence electrons. The minimum atomic E-state index is -0.295. The highest BCUT2D eigenvalue weighted by molar-refractivity contribution is 6.29. The molecule has 2 aromatic carbocycles. The fourth-order valence-corrected chi connectivity index (χ4v) is 7.76. The normalized spacial score (nSPS) is 32.3. The number of carbonyl (C=O) groups is 1. The van der Waals surface area contributed by atoms with Gasteiger partial charge in [-0.1, -0.05) is 60.1 Å². The Labute approximate surface area is 199 Å². The SMILES string of the molecule is COC(=O)c1ccc(C23CC4(C2)[C@H](CN(C)[C@@H]4c2ccccc2)C3c2ccc(Cl)nc2)cc1. The number of rotatable bonds is 4. The zero-order valence-electron chi connectivity index (χ0n) is 18.9. The van der Waals surface area contributed by atoms with Gasteiger partial charge in [-0.05, 0) is 72.0 Å². The summed E-state index contributed by atoms with van der Waals surface area (Å²) in [7, 11) is 3.69. The van der Waals surface area contributed by atoms with E-state index >= 15 is 0 Å². The van der Waals surface area contributed by atoms with Crippen molar-refractivity contribution < 1.29 is 9.53 Å². The van der Waals surface area contributed by atoms with Crippen LogP contribution >= 0.6 is 11.6 Å². The number of nitrogens with zero attached hydrogens (tertiary/aromatic N) is 2. The number of aromatic nitrogens is 1. The van der Waals surface area contributed by atoms with E-state index in [-0.39, 0.29) is 16.8 Å². The average Bonchev–Trinajstić information content (AvgIpc) is 3.37. The van der Waals surface area contributed by atoms with Crippen molar-refractivity contribution in [1.29, 1.82) is 0 Å². The van der Waals surface area contributed by atoms with Gasteiger partial charge in [0.25, 0.3) is 0 Å². The molecule has 0 N–H and O–H groups in total. The quantitative estimate of drug-likeness (QED) is 0.375. The lowest BCUT2D eigenvalue weighted by Gasteiger charge is -2.53. The fourth-order valence-electron chi connectivity index (χ4n) is 7.64. The Morgan fingerprint density at radius 1 is 1.03 bits per heavy atom. The third-order valence-corrected chi connectivity index (χ3v) is 8.82. The molecule has 1 aliphatic heterocycles. The van der Waals surface area contributed by atoms with E-state index < -0.39 is 0 Å². The largest absolute Gasteiger partial charge is 0.465 e. The van der Waals surface area contributed by atoms with E-state index in [9.17, 15) is 4.79 Å². The predicted molar refractivity (Wildman–Crippen MR) is 128 cm³/mol. The first-order valence-corrected chi connectivity index (χ1v) is 11.9. The van der Waals surface area contributed by atoms with E-state index in [1.54, 1.807) is 0 Å². The first-order chi connectivity index (χ1) is 16.0. The molecule has 3 aromatic rings. The lowest BCUT2D eigenvalue weighted by molar-refractivity contribution is 0.0398. The summed E-state index contributed by atoms with van der Waals surface area (Å²) in [5, 5.41) is 0.529. The summed E-state index contributed by atoms with van der Waals surface area (Å²) in [6, 6.07) is 23.5. The molecule has 1 spiro atoms. The maximum atomic E-state index is 12.0. The minimum absolute atomic E-state index is 0.0448. The maximum Gasteiger partial charge on any atom is 0.337 e. The van der Waals surface area contributed by atoms with Crippen LogP contribution in [0.25, 0.3) is 0 Å². The van der Waals surface area contributed by atoms with Crippen molar-refractivity contribution in [3.8, 4) is 0 Å². The van der Waals surface area contributed by atoms with E-state index in [0.717, 1.165) is 19.4 Å². The second-order valence-corrected chi connectivity index (χ2v) is 10.5. The van der Waals surface area contributed by atoms with Crippen molar-refractivity contribution in [2.45, 2.75) is 30.2 Å². The van der Waals surface area contributed by atoms with Gasteiger partial charge >= 0.3 is 5.97 Å². The van der Waals surface area contributed by atoms with Crippen LogP contribution in [0.2, 0.25) is 5.15 Å². The average molecular weight is 459 g/mol. The van der Waals surface area contributed by atoms with Crippen molar-refractivity contribution >= 4 is 17.6 Å². The Morgan fingerprint density at radius 2 is 1.76 bits per heavy atom. The molecule has 2 bridgehead atoms. The van der Waals surface area contributed by atoms with Crippen LogP contribution in [0.4, 0.5) is 0 Å². The Hall–Kier alpha value is -2.69. The van der Waals surface area contributed by atoms with E-state index in [0.29, 0.717) is 28.6 Å². The van der Waals surface area contributed by atoms with Gasteiger partial charge < -0.3 is 4.74 Å². The number of halogens is 1. The molecule has 4 fully saturated rings. The molecule has 3 saturated carbocycles. The molecule has 7 rings (SSSR count). The summed E-state index contributed by atoms with van der Waals surface area (Å²) in [4.78, 5) is 19.0. The van der Waals surface area contributed by atoms with Crippen LogP contribution in [0.15, 0.2) is 72.9 Å². The number of likely N-dealkylation sites (tertiary alicyclic amines) is 1. The van der Waals surface area contributed by atoms with Gasteiger partial charge in [0, 0.05) is 24.2 Å². The molecule has 3 atom stereocenters. The number of ether oxygens (including phenoxy) is 1. The molecule has 1 aromatic heterocycles. The topological polar surface area (TPSA) is 42.4 Å². The van der Waals surface area contributed by atoms with Crippen LogP contribution in [-0.4, -0.2) is 36.6 Å². The fraction of sp³-hybridized carbons (Fsp3) is 0.357. The molecule has 4 aliphatic rings. The highest BCUT2D eigenvalue weighted by Gasteiger charge is 2.76. The third-order valence-electron chi connectivity index (χ3n) is 8.60. The molecule has 4 nitrogen and oxygen atoms in total. The van der Waals surface area contributed by atoms with E-state index in [1.807, 2.05) is 24.4 Å². The maximum absolute atomic E-state index is 12.0. The summed E-state index contributed by atoms with van der Waals surface area (Å²) in [6.45, 7) is 1.06. The summed E-state index contributed by atoms with van der Waals surface area (Å²) in [5.41, 5.74) is 4.86. The van der Waals surface area contributed by atoms with Gasteiger partial charge in [0.05, 0.1) is 12.7 Å². The molecule has 0 radical (unpaired) electrons. The van der Waals surface area contributed by atoms with Crippen molar-refractivity contribution in [1.82, 2.24) is 9.88 Å². The van der Waals surface area contributed by atoms with Crippen molar-refractivity contribution in [2.24, 2.45) is 11.3 Å². The van der Waals surface area contributed by atoms with Gasteiger partial charge in [0.2, 0.25) is 0 Å². The minimum Gasteiger partial charge on any atom is -0.465 e. The summed E-state index contributed by atoms with van der Waals surface area (Å²) in [5.74, 6) is 0.606. The number of methoxy groups -OCH3 is 1. The molecule has 1 unspecified atom stereocenters. The molecule has 33 heavy (non-hydrogen) atoms. The molecule has 3 aliphatic carbocycles.